The van der Waals surface area contributed by atoms with Gasteiger partial charge in [-0.1, -0.05) is 19.1 Å². The maximum atomic E-state index is 11.9. The second-order valence-corrected chi connectivity index (χ2v) is 4.83. The van der Waals surface area contributed by atoms with Gasteiger partial charge in [-0.25, -0.2) is 0 Å². The molecule has 3 heteroatoms. The summed E-state index contributed by atoms with van der Waals surface area (Å²) >= 11 is 0. The van der Waals surface area contributed by atoms with Gasteiger partial charge in [0.25, 0.3) is 0 Å². The van der Waals surface area contributed by atoms with Crippen molar-refractivity contribution < 1.29 is 4.79 Å². The van der Waals surface area contributed by atoms with Gasteiger partial charge in [0.1, 0.15) is 6.54 Å². The van der Waals surface area contributed by atoms with E-state index in [1.54, 1.807) is 0 Å². The fourth-order valence-electron chi connectivity index (χ4n) is 2.09. The topological polar surface area (TPSA) is 34.0 Å². The fourth-order valence-corrected chi connectivity index (χ4v) is 2.09. The molecule has 0 aliphatic rings. The minimum atomic E-state index is 0.0726. The summed E-state index contributed by atoms with van der Waals surface area (Å²) in [6.07, 6.45) is 2.94. The Morgan fingerprint density at radius 1 is 1.39 bits per heavy atom. The molecule has 1 atom stereocenters. The van der Waals surface area contributed by atoms with Crippen molar-refractivity contribution in [2.45, 2.75) is 39.8 Å². The van der Waals surface area contributed by atoms with Crippen molar-refractivity contribution in [3.63, 3.8) is 0 Å². The fraction of sp³-hybridized carbons (Fsp3) is 0.400. The van der Waals surface area contributed by atoms with E-state index < -0.39 is 0 Å². The lowest BCUT2D eigenvalue weighted by atomic mass is 10.1. The largest absolute Gasteiger partial charge is 0.352 e. The number of amides is 1. The summed E-state index contributed by atoms with van der Waals surface area (Å²) in [4.78, 5) is 11.9. The van der Waals surface area contributed by atoms with Crippen LogP contribution < -0.4 is 5.32 Å². The highest BCUT2D eigenvalue weighted by Gasteiger charge is 2.08. The molecule has 3 nitrogen and oxygen atoms in total. The monoisotopic (exact) mass is 244 g/mol. The minimum Gasteiger partial charge on any atom is -0.352 e. The zero-order chi connectivity index (χ0) is 13.1. The van der Waals surface area contributed by atoms with Crippen molar-refractivity contribution >= 4 is 16.8 Å². The number of fused-ring (bicyclic) bond motifs is 1. The second kappa shape index (κ2) is 5.25. The van der Waals surface area contributed by atoms with Crippen molar-refractivity contribution in [3.8, 4) is 0 Å². The highest BCUT2D eigenvalue weighted by Crippen LogP contribution is 2.19. The molecule has 1 heterocycles. The molecule has 96 valence electrons. The summed E-state index contributed by atoms with van der Waals surface area (Å²) in [5.74, 6) is 0.0726. The van der Waals surface area contributed by atoms with Crippen LogP contribution >= 0.6 is 0 Å². The lowest BCUT2D eigenvalue weighted by Gasteiger charge is -2.12. The number of carbonyl (C=O) groups excluding carboxylic acids is 1. The third-order valence-corrected chi connectivity index (χ3v) is 3.37. The summed E-state index contributed by atoms with van der Waals surface area (Å²) < 4.78 is 2.00. The van der Waals surface area contributed by atoms with Crippen molar-refractivity contribution in [2.24, 2.45) is 0 Å². The van der Waals surface area contributed by atoms with E-state index in [9.17, 15) is 4.79 Å². The Kier molecular flexibility index (Phi) is 3.70. The van der Waals surface area contributed by atoms with Gasteiger partial charge in [-0.15, -0.1) is 0 Å². The van der Waals surface area contributed by atoms with Crippen LogP contribution in [0.4, 0.5) is 0 Å². The SMILES string of the molecule is CCC(C)NC(=O)Cn1ccc2c(C)cccc21. The first-order valence-corrected chi connectivity index (χ1v) is 6.45. The number of nitrogens with zero attached hydrogens (tertiary/aromatic N) is 1. The highest BCUT2D eigenvalue weighted by molar-refractivity contribution is 5.85. The first-order chi connectivity index (χ1) is 8.61. The van der Waals surface area contributed by atoms with Crippen molar-refractivity contribution in [1.82, 2.24) is 9.88 Å². The Morgan fingerprint density at radius 2 is 2.17 bits per heavy atom. The van der Waals surface area contributed by atoms with Gasteiger partial charge >= 0.3 is 0 Å². The number of rotatable bonds is 4. The molecule has 0 spiro atoms. The summed E-state index contributed by atoms with van der Waals surface area (Å²) in [5.41, 5.74) is 2.36. The zero-order valence-electron chi connectivity index (χ0n) is 11.2. The van der Waals surface area contributed by atoms with Crippen LogP contribution in [0.5, 0.6) is 0 Å². The second-order valence-electron chi connectivity index (χ2n) is 4.83. The van der Waals surface area contributed by atoms with Gasteiger partial charge in [-0.3, -0.25) is 4.79 Å². The van der Waals surface area contributed by atoms with Crippen LogP contribution in [0.15, 0.2) is 30.5 Å². The van der Waals surface area contributed by atoms with Gasteiger partial charge in [0.15, 0.2) is 0 Å². The standard InChI is InChI=1S/C15H20N2O/c1-4-12(3)16-15(18)10-17-9-8-13-11(2)6-5-7-14(13)17/h5-9,12H,4,10H2,1-3H3,(H,16,18). The number of aromatic nitrogens is 1. The van der Waals surface area contributed by atoms with E-state index in [4.69, 9.17) is 0 Å². The molecule has 18 heavy (non-hydrogen) atoms. The quantitative estimate of drug-likeness (QED) is 0.881. The predicted octanol–water partition coefficient (Wildman–Crippen LogP) is 2.86. The lowest BCUT2D eigenvalue weighted by molar-refractivity contribution is -0.122. The summed E-state index contributed by atoms with van der Waals surface area (Å²) in [5, 5.41) is 4.20. The van der Waals surface area contributed by atoms with E-state index >= 15 is 0 Å². The predicted molar refractivity (Wildman–Crippen MR) is 74.6 cm³/mol. The third kappa shape index (κ3) is 2.55. The van der Waals surface area contributed by atoms with Crippen molar-refractivity contribution in [3.05, 3.63) is 36.0 Å². The van der Waals surface area contributed by atoms with E-state index in [0.29, 0.717) is 6.54 Å². The molecular formula is C15H20N2O. The summed E-state index contributed by atoms with van der Waals surface area (Å²) in [7, 11) is 0. The van der Waals surface area contributed by atoms with Crippen LogP contribution in [-0.4, -0.2) is 16.5 Å². The summed E-state index contributed by atoms with van der Waals surface area (Å²) in [6, 6.07) is 8.48. The van der Waals surface area contributed by atoms with Crippen LogP contribution in [0.25, 0.3) is 10.9 Å². The molecule has 2 aromatic rings. The van der Waals surface area contributed by atoms with Crippen LogP contribution in [-0.2, 0) is 11.3 Å². The number of hydrogen-bond acceptors (Lipinski definition) is 1. The Balaban J connectivity index is 2.17. The molecule has 1 N–H and O–H groups in total. The van der Waals surface area contributed by atoms with E-state index in [0.717, 1.165) is 11.9 Å². The molecule has 1 unspecified atom stereocenters. The van der Waals surface area contributed by atoms with Crippen LogP contribution in [0.3, 0.4) is 0 Å². The van der Waals surface area contributed by atoms with Gasteiger partial charge in [0, 0.05) is 23.1 Å². The maximum Gasteiger partial charge on any atom is 0.240 e. The van der Waals surface area contributed by atoms with Crippen molar-refractivity contribution in [2.75, 3.05) is 0 Å². The zero-order valence-corrected chi connectivity index (χ0v) is 11.2. The average molecular weight is 244 g/mol. The molecule has 0 saturated heterocycles. The number of aryl methyl sites for hydroxylation is 1. The maximum absolute atomic E-state index is 11.9. The molecule has 1 amide bonds. The van der Waals surface area contributed by atoms with Crippen molar-refractivity contribution in [1.29, 1.82) is 0 Å². The lowest BCUT2D eigenvalue weighted by Crippen LogP contribution is -2.34. The average Bonchev–Trinajstić information content (AvgIpc) is 2.74. The van der Waals surface area contributed by atoms with E-state index in [2.05, 4.69) is 37.4 Å². The molecule has 0 saturated carbocycles. The number of carbonyl (C=O) groups is 1. The first-order valence-electron chi connectivity index (χ1n) is 6.45. The number of nitrogens with one attached hydrogen (secondary N) is 1. The molecule has 0 aliphatic heterocycles. The smallest absolute Gasteiger partial charge is 0.240 e. The Hall–Kier alpha value is -1.77. The van der Waals surface area contributed by atoms with Crippen LogP contribution in [0, 0.1) is 6.92 Å². The highest BCUT2D eigenvalue weighted by atomic mass is 16.2. The molecule has 0 radical (unpaired) electrons. The van der Waals surface area contributed by atoms with Gasteiger partial charge < -0.3 is 9.88 Å². The summed E-state index contributed by atoms with van der Waals surface area (Å²) in [6.45, 7) is 6.57. The molecule has 0 aliphatic carbocycles. The van der Waals surface area contributed by atoms with Gasteiger partial charge in [0.05, 0.1) is 0 Å². The van der Waals surface area contributed by atoms with E-state index in [1.807, 2.05) is 23.8 Å². The van der Waals surface area contributed by atoms with Crippen LogP contribution in [0.1, 0.15) is 25.8 Å². The Labute approximate surface area is 108 Å². The molecule has 2 rings (SSSR count). The van der Waals surface area contributed by atoms with Gasteiger partial charge in [-0.2, -0.15) is 0 Å². The molecule has 1 aromatic carbocycles. The normalized spacial score (nSPS) is 12.6. The van der Waals surface area contributed by atoms with Gasteiger partial charge in [-0.05, 0) is 38.0 Å². The number of hydrogen-bond donors (Lipinski definition) is 1. The van der Waals surface area contributed by atoms with E-state index in [1.165, 1.54) is 10.9 Å². The molecule has 0 bridgehead atoms. The number of benzene rings is 1. The third-order valence-electron chi connectivity index (χ3n) is 3.37. The van der Waals surface area contributed by atoms with Gasteiger partial charge in [0.2, 0.25) is 5.91 Å². The van der Waals surface area contributed by atoms with E-state index in [-0.39, 0.29) is 11.9 Å². The molecule has 1 aromatic heterocycles. The minimum absolute atomic E-state index is 0.0726. The first kappa shape index (κ1) is 12.7. The molecule has 0 fully saturated rings. The Morgan fingerprint density at radius 3 is 2.89 bits per heavy atom. The molecular weight excluding hydrogens is 224 g/mol. The van der Waals surface area contributed by atoms with Crippen LogP contribution in [0.2, 0.25) is 0 Å². The Bertz CT molecular complexity index is 557.